The molecule has 4 heteroatoms. The van der Waals surface area contributed by atoms with E-state index < -0.39 is 0 Å². The summed E-state index contributed by atoms with van der Waals surface area (Å²) < 4.78 is 0. The van der Waals surface area contributed by atoms with Crippen molar-refractivity contribution in [3.05, 3.63) is 58.7 Å². The van der Waals surface area contributed by atoms with Gasteiger partial charge < -0.3 is 15.1 Å². The third-order valence-electron chi connectivity index (χ3n) is 3.60. The molecule has 0 aromatic heterocycles. The van der Waals surface area contributed by atoms with E-state index >= 15 is 0 Å². The first-order valence-corrected chi connectivity index (χ1v) is 6.45. The van der Waals surface area contributed by atoms with Gasteiger partial charge in [0.2, 0.25) is 0 Å². The van der Waals surface area contributed by atoms with Crippen LogP contribution in [0.4, 0.5) is 0 Å². The van der Waals surface area contributed by atoms with Crippen molar-refractivity contribution < 1.29 is 15.0 Å². The molecule has 4 nitrogen and oxygen atoms in total. The molecule has 2 N–H and O–H groups in total. The third-order valence-corrected chi connectivity index (χ3v) is 3.60. The van der Waals surface area contributed by atoms with Gasteiger partial charge in [0, 0.05) is 13.1 Å². The fraction of sp³-hybridized carbons (Fsp3) is 0.188. The van der Waals surface area contributed by atoms with Crippen LogP contribution in [0.25, 0.3) is 0 Å². The molecule has 2 aromatic carbocycles. The van der Waals surface area contributed by atoms with E-state index in [1.54, 1.807) is 11.0 Å². The van der Waals surface area contributed by atoms with Gasteiger partial charge in [0.25, 0.3) is 5.91 Å². The Balaban J connectivity index is 1.87. The summed E-state index contributed by atoms with van der Waals surface area (Å²) in [5.74, 6) is -0.817. The lowest BCUT2D eigenvalue weighted by atomic mass is 10.1. The second kappa shape index (κ2) is 4.56. The molecule has 0 bridgehead atoms. The molecule has 2 aromatic rings. The molecule has 20 heavy (non-hydrogen) atoms. The van der Waals surface area contributed by atoms with Gasteiger partial charge in [0.15, 0.2) is 11.5 Å². The number of carbonyl (C=O) groups is 1. The number of rotatable bonds is 2. The second-order valence-corrected chi connectivity index (χ2v) is 5.11. The fourth-order valence-electron chi connectivity index (χ4n) is 2.47. The fourth-order valence-corrected chi connectivity index (χ4v) is 2.47. The smallest absolute Gasteiger partial charge is 0.258 e. The molecule has 102 valence electrons. The summed E-state index contributed by atoms with van der Waals surface area (Å²) in [7, 11) is 0. The number of phenols is 2. The van der Waals surface area contributed by atoms with Crippen LogP contribution >= 0.6 is 0 Å². The number of phenolic OH excluding ortho intramolecular Hbond substituents is 2. The summed E-state index contributed by atoms with van der Waals surface area (Å²) >= 11 is 0. The molecule has 1 heterocycles. The summed E-state index contributed by atoms with van der Waals surface area (Å²) in [4.78, 5) is 14.0. The lowest BCUT2D eigenvalue weighted by Crippen LogP contribution is -2.23. The molecule has 1 amide bonds. The zero-order valence-corrected chi connectivity index (χ0v) is 11.1. The normalized spacial score (nSPS) is 13.7. The Morgan fingerprint density at radius 2 is 1.80 bits per heavy atom. The Bertz CT molecular complexity index is 677. The Morgan fingerprint density at radius 1 is 1.10 bits per heavy atom. The Hall–Kier alpha value is -2.49. The lowest BCUT2D eigenvalue weighted by molar-refractivity contribution is 0.0764. The van der Waals surface area contributed by atoms with Crippen LogP contribution in [0.1, 0.15) is 27.0 Å². The van der Waals surface area contributed by atoms with Crippen molar-refractivity contribution >= 4 is 5.91 Å². The van der Waals surface area contributed by atoms with Gasteiger partial charge in [-0.2, -0.15) is 0 Å². The van der Waals surface area contributed by atoms with Crippen molar-refractivity contribution in [3.8, 4) is 11.5 Å². The number of aryl methyl sites for hydroxylation is 1. The number of amides is 1. The van der Waals surface area contributed by atoms with Gasteiger partial charge in [-0.15, -0.1) is 0 Å². The van der Waals surface area contributed by atoms with Crippen molar-refractivity contribution in [3.63, 3.8) is 0 Å². The van der Waals surface area contributed by atoms with Gasteiger partial charge >= 0.3 is 0 Å². The largest absolute Gasteiger partial charge is 0.504 e. The molecule has 3 rings (SSSR count). The van der Waals surface area contributed by atoms with Crippen LogP contribution in [0, 0.1) is 6.92 Å². The van der Waals surface area contributed by atoms with Crippen molar-refractivity contribution in [1.29, 1.82) is 0 Å². The molecule has 0 unspecified atom stereocenters. The number of aromatic hydroxyl groups is 2. The zero-order chi connectivity index (χ0) is 14.3. The molecule has 0 spiro atoms. The molecule has 0 atom stereocenters. The molecule has 0 saturated carbocycles. The number of hydrogen-bond acceptors (Lipinski definition) is 3. The minimum Gasteiger partial charge on any atom is -0.504 e. The van der Waals surface area contributed by atoms with Crippen molar-refractivity contribution in [2.45, 2.75) is 20.0 Å². The van der Waals surface area contributed by atoms with E-state index in [2.05, 4.69) is 0 Å². The summed E-state index contributed by atoms with van der Waals surface area (Å²) in [6.45, 7) is 2.96. The number of hydrogen-bond donors (Lipinski definition) is 2. The zero-order valence-electron chi connectivity index (χ0n) is 11.1. The van der Waals surface area contributed by atoms with E-state index in [1.165, 1.54) is 11.6 Å². The van der Waals surface area contributed by atoms with E-state index in [0.29, 0.717) is 13.1 Å². The SMILES string of the molecule is Cc1ccc(CN2Cc3ccc(O)c(O)c3C2=O)cc1. The minimum absolute atomic E-state index is 0.220. The van der Waals surface area contributed by atoms with Crippen LogP contribution in [-0.2, 0) is 13.1 Å². The molecule has 0 saturated heterocycles. The maximum atomic E-state index is 12.3. The first-order chi connectivity index (χ1) is 9.56. The Labute approximate surface area is 116 Å². The summed E-state index contributed by atoms with van der Waals surface area (Å²) in [5, 5.41) is 19.3. The molecule has 1 aliphatic heterocycles. The topological polar surface area (TPSA) is 60.8 Å². The van der Waals surface area contributed by atoms with Crippen molar-refractivity contribution in [2.24, 2.45) is 0 Å². The monoisotopic (exact) mass is 269 g/mol. The van der Waals surface area contributed by atoms with E-state index in [9.17, 15) is 15.0 Å². The maximum Gasteiger partial charge on any atom is 0.258 e. The molecule has 0 fully saturated rings. The van der Waals surface area contributed by atoms with Crippen molar-refractivity contribution in [1.82, 2.24) is 4.90 Å². The molecule has 1 aliphatic rings. The summed E-state index contributed by atoms with van der Waals surface area (Å²) in [6, 6.07) is 11.1. The van der Waals surface area contributed by atoms with Crippen LogP contribution in [0.5, 0.6) is 11.5 Å². The van der Waals surface area contributed by atoms with Crippen LogP contribution in [-0.4, -0.2) is 21.0 Å². The number of carbonyl (C=O) groups excluding carboxylic acids is 1. The average molecular weight is 269 g/mol. The van der Waals surface area contributed by atoms with Crippen LogP contribution in [0.2, 0.25) is 0 Å². The molecule has 0 radical (unpaired) electrons. The first kappa shape index (κ1) is 12.5. The van der Waals surface area contributed by atoms with E-state index in [0.717, 1.165) is 11.1 Å². The third kappa shape index (κ3) is 1.99. The quantitative estimate of drug-likeness (QED) is 0.824. The number of nitrogens with zero attached hydrogens (tertiary/aromatic N) is 1. The highest BCUT2D eigenvalue weighted by molar-refractivity contribution is 6.01. The first-order valence-electron chi connectivity index (χ1n) is 6.45. The van der Waals surface area contributed by atoms with Crippen LogP contribution in [0.3, 0.4) is 0 Å². The van der Waals surface area contributed by atoms with Crippen molar-refractivity contribution in [2.75, 3.05) is 0 Å². The van der Waals surface area contributed by atoms with Crippen LogP contribution in [0.15, 0.2) is 36.4 Å². The number of benzene rings is 2. The van der Waals surface area contributed by atoms with Gasteiger partial charge in [-0.1, -0.05) is 35.9 Å². The Kier molecular flexibility index (Phi) is 2.86. The predicted octanol–water partition coefficient (Wildman–Crippen LogP) is 2.56. The van der Waals surface area contributed by atoms with Gasteiger partial charge in [0.1, 0.15) is 0 Å². The van der Waals surface area contributed by atoms with Crippen LogP contribution < -0.4 is 0 Å². The van der Waals surface area contributed by atoms with Gasteiger partial charge in [0.05, 0.1) is 5.56 Å². The van der Waals surface area contributed by atoms with Gasteiger partial charge in [-0.3, -0.25) is 4.79 Å². The van der Waals surface area contributed by atoms with E-state index in [-0.39, 0.29) is 23.0 Å². The van der Waals surface area contributed by atoms with E-state index in [1.807, 2.05) is 31.2 Å². The Morgan fingerprint density at radius 3 is 2.50 bits per heavy atom. The van der Waals surface area contributed by atoms with Gasteiger partial charge in [-0.05, 0) is 24.1 Å². The highest BCUT2D eigenvalue weighted by Crippen LogP contribution is 2.37. The number of fused-ring (bicyclic) bond motifs is 1. The lowest BCUT2D eigenvalue weighted by Gasteiger charge is -2.15. The molecular formula is C16H15NO3. The van der Waals surface area contributed by atoms with Gasteiger partial charge in [-0.25, -0.2) is 0 Å². The van der Waals surface area contributed by atoms with E-state index in [4.69, 9.17) is 0 Å². The maximum absolute atomic E-state index is 12.3. The highest BCUT2D eigenvalue weighted by atomic mass is 16.3. The minimum atomic E-state index is -0.320. The summed E-state index contributed by atoms with van der Waals surface area (Å²) in [6.07, 6.45) is 0. The average Bonchev–Trinajstić information content (AvgIpc) is 2.74. The highest BCUT2D eigenvalue weighted by Gasteiger charge is 2.31. The second-order valence-electron chi connectivity index (χ2n) is 5.11. The summed E-state index contributed by atoms with van der Waals surface area (Å²) in [5.41, 5.74) is 3.18. The molecule has 0 aliphatic carbocycles. The molecular weight excluding hydrogens is 254 g/mol. The standard InChI is InChI=1S/C16H15NO3/c1-10-2-4-11(5-3-10)8-17-9-12-6-7-13(18)15(19)14(12)16(17)20/h2-7,18-19H,8-9H2,1H3. The predicted molar refractivity (Wildman–Crippen MR) is 74.5 cm³/mol.